The molecule has 0 aliphatic carbocycles. The summed E-state index contributed by atoms with van der Waals surface area (Å²) in [5.41, 5.74) is 1.86. The van der Waals surface area contributed by atoms with E-state index >= 15 is 0 Å². The number of pyridine rings is 1. The van der Waals surface area contributed by atoms with Crippen molar-refractivity contribution < 1.29 is 9.72 Å². The molecule has 0 atom stereocenters. The van der Waals surface area contributed by atoms with E-state index < -0.39 is 4.92 Å². The molecule has 2 aromatic carbocycles. The Kier molecular flexibility index (Phi) is 4.01. The maximum atomic E-state index is 12.4. The molecule has 2 aromatic heterocycles. The van der Waals surface area contributed by atoms with Crippen molar-refractivity contribution in [3.05, 3.63) is 88.2 Å². The van der Waals surface area contributed by atoms with Gasteiger partial charge >= 0.3 is 0 Å². The van der Waals surface area contributed by atoms with Gasteiger partial charge in [0.2, 0.25) is 5.91 Å². The molecular formula is C21H15N3O3. The predicted octanol–water partition coefficient (Wildman–Crippen LogP) is 4.62. The van der Waals surface area contributed by atoms with Crippen LogP contribution in [0.3, 0.4) is 0 Å². The van der Waals surface area contributed by atoms with Crippen molar-refractivity contribution in [2.24, 2.45) is 0 Å². The molecule has 0 radical (unpaired) electrons. The third-order valence-electron chi connectivity index (χ3n) is 4.44. The van der Waals surface area contributed by atoms with Crippen LogP contribution < -0.4 is 0 Å². The Bertz CT molecular complexity index is 1220. The number of carbonyl (C=O) groups excluding carboxylic acids is 1. The highest BCUT2D eigenvalue weighted by molar-refractivity contribution is 6.15. The SMILES string of the molecule is CC(=O)n1c2ccccc2c2ccnc(C(=Cc3ccccc3)[N+](=O)[O-])c21. The molecule has 0 N–H and O–H groups in total. The van der Waals surface area contributed by atoms with Gasteiger partial charge < -0.3 is 0 Å². The Labute approximate surface area is 154 Å². The van der Waals surface area contributed by atoms with Crippen molar-refractivity contribution in [2.75, 3.05) is 0 Å². The van der Waals surface area contributed by atoms with Crippen LogP contribution in [-0.2, 0) is 0 Å². The van der Waals surface area contributed by atoms with E-state index in [1.807, 2.05) is 42.5 Å². The van der Waals surface area contributed by atoms with Crippen LogP contribution in [0.5, 0.6) is 0 Å². The first-order valence-corrected chi connectivity index (χ1v) is 8.38. The number of hydrogen-bond donors (Lipinski definition) is 0. The van der Waals surface area contributed by atoms with Crippen LogP contribution in [0.2, 0.25) is 0 Å². The number of fused-ring (bicyclic) bond motifs is 3. The summed E-state index contributed by atoms with van der Waals surface area (Å²) in [7, 11) is 0. The summed E-state index contributed by atoms with van der Waals surface area (Å²) in [6.45, 7) is 1.44. The largest absolute Gasteiger partial charge is 0.297 e. The minimum atomic E-state index is -0.461. The maximum absolute atomic E-state index is 12.4. The van der Waals surface area contributed by atoms with Gasteiger partial charge in [-0.1, -0.05) is 48.5 Å². The summed E-state index contributed by atoms with van der Waals surface area (Å²) in [5, 5.41) is 13.5. The van der Waals surface area contributed by atoms with E-state index in [0.29, 0.717) is 16.6 Å². The fraction of sp³-hybridized carbons (Fsp3) is 0.0476. The molecule has 4 aromatic rings. The Morgan fingerprint density at radius 2 is 1.74 bits per heavy atom. The lowest BCUT2D eigenvalue weighted by molar-refractivity contribution is -0.374. The third kappa shape index (κ3) is 2.77. The average Bonchev–Trinajstić information content (AvgIpc) is 3.02. The molecule has 0 fully saturated rings. The van der Waals surface area contributed by atoms with Gasteiger partial charge in [0.15, 0.2) is 5.69 Å². The van der Waals surface area contributed by atoms with E-state index in [-0.39, 0.29) is 17.3 Å². The maximum Gasteiger partial charge on any atom is 0.297 e. The molecule has 4 rings (SSSR count). The van der Waals surface area contributed by atoms with E-state index in [2.05, 4.69) is 4.98 Å². The summed E-state index contributed by atoms with van der Waals surface area (Å²) in [6.07, 6.45) is 3.01. The molecule has 6 nitrogen and oxygen atoms in total. The summed E-state index contributed by atoms with van der Waals surface area (Å²) < 4.78 is 1.50. The number of hydrogen-bond acceptors (Lipinski definition) is 4. The molecule has 27 heavy (non-hydrogen) atoms. The van der Waals surface area contributed by atoms with Crippen LogP contribution in [0.1, 0.15) is 23.0 Å². The fourth-order valence-corrected chi connectivity index (χ4v) is 3.34. The number of benzene rings is 2. The molecule has 0 amide bonds. The number of aromatic nitrogens is 2. The van der Waals surface area contributed by atoms with Gasteiger partial charge in [-0.05, 0) is 17.7 Å². The molecule has 2 heterocycles. The minimum absolute atomic E-state index is 0.155. The van der Waals surface area contributed by atoms with E-state index in [9.17, 15) is 14.9 Å². The fourth-order valence-electron chi connectivity index (χ4n) is 3.34. The normalized spacial score (nSPS) is 11.8. The van der Waals surface area contributed by atoms with Crippen LogP contribution in [0, 0.1) is 10.1 Å². The zero-order chi connectivity index (χ0) is 19.0. The van der Waals surface area contributed by atoms with Crippen molar-refractivity contribution in [3.8, 4) is 0 Å². The van der Waals surface area contributed by atoms with Crippen molar-refractivity contribution in [1.82, 2.24) is 9.55 Å². The number of nitro groups is 1. The Balaban J connectivity index is 2.11. The minimum Gasteiger partial charge on any atom is -0.278 e. The zero-order valence-corrected chi connectivity index (χ0v) is 14.5. The molecule has 0 unspecified atom stereocenters. The summed E-state index contributed by atoms with van der Waals surface area (Å²) in [6, 6.07) is 18.2. The Morgan fingerprint density at radius 1 is 1.04 bits per heavy atom. The van der Waals surface area contributed by atoms with Crippen LogP contribution in [0.4, 0.5) is 0 Å². The topological polar surface area (TPSA) is 78.0 Å². The van der Waals surface area contributed by atoms with E-state index in [0.717, 1.165) is 10.8 Å². The average molecular weight is 357 g/mol. The van der Waals surface area contributed by atoms with Gasteiger partial charge in [-0.2, -0.15) is 0 Å². The molecule has 0 saturated carbocycles. The first-order valence-electron chi connectivity index (χ1n) is 8.38. The molecular weight excluding hydrogens is 342 g/mol. The lowest BCUT2D eigenvalue weighted by Crippen LogP contribution is -2.09. The summed E-state index contributed by atoms with van der Waals surface area (Å²) in [5.74, 6) is -0.224. The first-order chi connectivity index (χ1) is 13.1. The van der Waals surface area contributed by atoms with Gasteiger partial charge in [0.05, 0.1) is 16.0 Å². The van der Waals surface area contributed by atoms with Crippen LogP contribution in [0.15, 0.2) is 66.9 Å². The molecule has 132 valence electrons. The van der Waals surface area contributed by atoms with Gasteiger partial charge in [0, 0.05) is 30.0 Å². The van der Waals surface area contributed by atoms with Crippen LogP contribution in [-0.4, -0.2) is 20.4 Å². The standard InChI is InChI=1S/C21H15N3O3/c1-14(25)23-18-10-6-5-9-16(18)17-11-12-22-20(21(17)23)19(24(26)27)13-15-7-3-2-4-8-15/h2-13H,1H3. The van der Waals surface area contributed by atoms with Gasteiger partial charge in [-0.3, -0.25) is 19.5 Å². The molecule has 0 aliphatic rings. The highest BCUT2D eigenvalue weighted by Crippen LogP contribution is 2.33. The predicted molar refractivity (Wildman–Crippen MR) is 105 cm³/mol. The highest BCUT2D eigenvalue weighted by Gasteiger charge is 2.25. The lowest BCUT2D eigenvalue weighted by Gasteiger charge is -2.06. The van der Waals surface area contributed by atoms with Crippen LogP contribution in [0.25, 0.3) is 33.6 Å². The van der Waals surface area contributed by atoms with Gasteiger partial charge in [-0.15, -0.1) is 0 Å². The molecule has 0 aliphatic heterocycles. The number of rotatable bonds is 3. The second kappa shape index (κ2) is 6.49. The number of carbonyl (C=O) groups is 1. The second-order valence-electron chi connectivity index (χ2n) is 6.12. The van der Waals surface area contributed by atoms with Crippen molar-refractivity contribution in [2.45, 2.75) is 6.92 Å². The summed E-state index contributed by atoms with van der Waals surface area (Å²) in [4.78, 5) is 28.0. The molecule has 0 saturated heterocycles. The third-order valence-corrected chi connectivity index (χ3v) is 4.44. The van der Waals surface area contributed by atoms with Crippen molar-refractivity contribution in [1.29, 1.82) is 0 Å². The summed E-state index contributed by atoms with van der Waals surface area (Å²) >= 11 is 0. The molecule has 6 heteroatoms. The van der Waals surface area contributed by atoms with E-state index in [1.54, 1.807) is 18.2 Å². The first kappa shape index (κ1) is 16.7. The lowest BCUT2D eigenvalue weighted by atomic mass is 10.1. The Morgan fingerprint density at radius 3 is 2.44 bits per heavy atom. The highest BCUT2D eigenvalue weighted by atomic mass is 16.6. The van der Waals surface area contributed by atoms with Crippen molar-refractivity contribution >= 4 is 39.5 Å². The monoisotopic (exact) mass is 357 g/mol. The number of para-hydroxylation sites is 1. The van der Waals surface area contributed by atoms with Crippen LogP contribution >= 0.6 is 0 Å². The quantitative estimate of drug-likeness (QED) is 0.396. The van der Waals surface area contributed by atoms with E-state index in [4.69, 9.17) is 0 Å². The zero-order valence-electron chi connectivity index (χ0n) is 14.5. The van der Waals surface area contributed by atoms with Gasteiger partial charge in [-0.25, -0.2) is 4.98 Å². The smallest absolute Gasteiger partial charge is 0.278 e. The van der Waals surface area contributed by atoms with E-state index in [1.165, 1.54) is 23.8 Å². The van der Waals surface area contributed by atoms with Crippen molar-refractivity contribution in [3.63, 3.8) is 0 Å². The van der Waals surface area contributed by atoms with Gasteiger partial charge in [0.25, 0.3) is 5.70 Å². The Hall–Kier alpha value is -3.80. The second-order valence-corrected chi connectivity index (χ2v) is 6.12. The molecule has 0 bridgehead atoms. The van der Waals surface area contributed by atoms with Gasteiger partial charge in [0.1, 0.15) is 0 Å². The number of nitrogens with zero attached hydrogens (tertiary/aromatic N) is 3. The molecule has 0 spiro atoms.